The molecule has 0 amide bonds. The molecule has 4 rings (SSSR count). The lowest BCUT2D eigenvalue weighted by Crippen LogP contribution is -2.16. The topological polar surface area (TPSA) is 55.4 Å². The molecule has 2 aliphatic rings. The summed E-state index contributed by atoms with van der Waals surface area (Å²) in [6.07, 6.45) is 5.24. The van der Waals surface area contributed by atoms with E-state index in [0.29, 0.717) is 6.54 Å². The largest absolute Gasteiger partial charge is 0.260 e. The van der Waals surface area contributed by atoms with Gasteiger partial charge in [0.25, 0.3) is 0 Å². The van der Waals surface area contributed by atoms with Crippen LogP contribution in [-0.2, 0) is 6.54 Å². The molecule has 0 unspecified atom stereocenters. The first-order valence-corrected chi connectivity index (χ1v) is 8.73. The Kier molecular flexibility index (Phi) is 3.67. The van der Waals surface area contributed by atoms with Crippen molar-refractivity contribution in [2.45, 2.75) is 40.7 Å². The van der Waals surface area contributed by atoms with Crippen LogP contribution < -0.4 is 0 Å². The molecule has 0 bridgehead atoms. The third kappa shape index (κ3) is 3.06. The molecule has 0 saturated heterocycles. The Bertz CT molecular complexity index is 964. The van der Waals surface area contributed by atoms with Crippen molar-refractivity contribution >= 4 is 22.6 Å². The van der Waals surface area contributed by atoms with Crippen molar-refractivity contribution in [1.29, 1.82) is 0 Å². The fourth-order valence-electron chi connectivity index (χ4n) is 3.27. The first kappa shape index (κ1) is 15.9. The molecular weight excluding hydrogens is 310 g/mol. The van der Waals surface area contributed by atoms with E-state index in [1.165, 1.54) is 11.1 Å². The molecule has 2 aromatic rings. The van der Waals surface area contributed by atoms with E-state index in [0.717, 1.165) is 41.1 Å². The van der Waals surface area contributed by atoms with E-state index >= 15 is 0 Å². The molecule has 25 heavy (non-hydrogen) atoms. The van der Waals surface area contributed by atoms with Crippen LogP contribution >= 0.6 is 0 Å². The normalized spacial score (nSPS) is 17.6. The summed E-state index contributed by atoms with van der Waals surface area (Å²) in [6, 6.07) is 6.28. The number of rotatable bonds is 3. The summed E-state index contributed by atoms with van der Waals surface area (Å²) in [7, 11) is 0. The van der Waals surface area contributed by atoms with Gasteiger partial charge in [0.2, 0.25) is 0 Å². The smallest absolute Gasteiger partial charge is 0.151 e. The van der Waals surface area contributed by atoms with Crippen molar-refractivity contribution in [1.82, 2.24) is 15.0 Å². The van der Waals surface area contributed by atoms with Gasteiger partial charge in [-0.1, -0.05) is 44.2 Å². The van der Waals surface area contributed by atoms with Gasteiger partial charge in [0.1, 0.15) is 5.52 Å². The van der Waals surface area contributed by atoms with Crippen LogP contribution in [0.1, 0.15) is 39.7 Å². The summed E-state index contributed by atoms with van der Waals surface area (Å²) in [5.74, 6) is 0.883. The number of amidine groups is 1. The summed E-state index contributed by atoms with van der Waals surface area (Å²) >= 11 is 0. The van der Waals surface area contributed by atoms with Crippen LogP contribution in [0.2, 0.25) is 0 Å². The maximum atomic E-state index is 4.78. The minimum atomic E-state index is 0.165. The molecule has 1 aromatic carbocycles. The zero-order valence-electron chi connectivity index (χ0n) is 15.2. The third-order valence-electron chi connectivity index (χ3n) is 4.53. The summed E-state index contributed by atoms with van der Waals surface area (Å²) in [6.45, 7) is 10.2. The molecule has 0 N–H and O–H groups in total. The van der Waals surface area contributed by atoms with Crippen LogP contribution in [0.3, 0.4) is 0 Å². The number of fused-ring (bicyclic) bond motifs is 1. The minimum Gasteiger partial charge on any atom is -0.260 e. The van der Waals surface area contributed by atoms with Gasteiger partial charge in [-0.25, -0.2) is 9.67 Å². The van der Waals surface area contributed by atoms with Crippen molar-refractivity contribution in [3.05, 3.63) is 47.1 Å². The molecule has 1 aromatic heterocycles. The van der Waals surface area contributed by atoms with Gasteiger partial charge in [-0.15, -0.1) is 5.10 Å². The summed E-state index contributed by atoms with van der Waals surface area (Å²) in [5, 5.41) is 8.66. The number of allylic oxidation sites excluding steroid dienone is 3. The van der Waals surface area contributed by atoms with E-state index < -0.39 is 0 Å². The fraction of sp³-hybridized carbons (Fsp3) is 0.400. The van der Waals surface area contributed by atoms with Crippen LogP contribution in [-0.4, -0.2) is 33.1 Å². The van der Waals surface area contributed by atoms with E-state index in [1.54, 1.807) is 0 Å². The summed E-state index contributed by atoms with van der Waals surface area (Å²) in [4.78, 5) is 9.41. The van der Waals surface area contributed by atoms with Gasteiger partial charge in [0, 0.05) is 17.7 Å². The minimum absolute atomic E-state index is 0.165. The quantitative estimate of drug-likeness (QED) is 0.854. The van der Waals surface area contributed by atoms with Crippen molar-refractivity contribution in [3.8, 4) is 0 Å². The molecule has 0 atom stereocenters. The lowest BCUT2D eigenvalue weighted by Gasteiger charge is -2.17. The Labute approximate surface area is 147 Å². The molecule has 0 saturated carbocycles. The monoisotopic (exact) mass is 333 g/mol. The van der Waals surface area contributed by atoms with Gasteiger partial charge in [0.15, 0.2) is 5.84 Å². The van der Waals surface area contributed by atoms with E-state index in [1.807, 2.05) is 4.68 Å². The second-order valence-corrected chi connectivity index (χ2v) is 7.98. The number of aliphatic imine (C=N–C) groups is 2. The molecule has 5 heteroatoms. The number of hydrogen-bond acceptors (Lipinski definition) is 4. The van der Waals surface area contributed by atoms with Crippen molar-refractivity contribution < 1.29 is 0 Å². The molecule has 128 valence electrons. The lowest BCUT2D eigenvalue weighted by molar-refractivity contribution is 0.327. The highest BCUT2D eigenvalue weighted by Gasteiger charge is 2.20. The number of benzene rings is 1. The Morgan fingerprint density at radius 2 is 2.04 bits per heavy atom. The first-order valence-electron chi connectivity index (χ1n) is 8.73. The average Bonchev–Trinajstić information content (AvgIpc) is 3.25. The molecule has 1 aliphatic carbocycles. The van der Waals surface area contributed by atoms with Crippen molar-refractivity contribution in [2.75, 3.05) is 6.54 Å². The Balaban J connectivity index is 1.62. The van der Waals surface area contributed by atoms with Gasteiger partial charge < -0.3 is 0 Å². The van der Waals surface area contributed by atoms with E-state index in [4.69, 9.17) is 4.99 Å². The maximum absolute atomic E-state index is 4.78. The van der Waals surface area contributed by atoms with E-state index in [-0.39, 0.29) is 5.41 Å². The van der Waals surface area contributed by atoms with Crippen molar-refractivity contribution in [2.24, 2.45) is 15.4 Å². The molecule has 0 fully saturated rings. The molecule has 1 aliphatic heterocycles. The number of aromatic nitrogens is 3. The second kappa shape index (κ2) is 5.76. The van der Waals surface area contributed by atoms with Gasteiger partial charge in [-0.3, -0.25) is 4.99 Å². The van der Waals surface area contributed by atoms with Crippen molar-refractivity contribution in [3.63, 3.8) is 0 Å². The predicted molar refractivity (Wildman–Crippen MR) is 102 cm³/mol. The van der Waals surface area contributed by atoms with E-state index in [9.17, 15) is 0 Å². The Morgan fingerprint density at radius 3 is 2.76 bits per heavy atom. The van der Waals surface area contributed by atoms with Crippen LogP contribution in [0.25, 0.3) is 11.0 Å². The molecule has 2 heterocycles. The Morgan fingerprint density at radius 1 is 1.20 bits per heavy atom. The summed E-state index contributed by atoms with van der Waals surface area (Å²) in [5.41, 5.74) is 6.75. The SMILES string of the molecule is CC1=C(C2=NCC(c3ccc4c(c3)nnn4CC(C)(C)C)=N2)CC=C1. The van der Waals surface area contributed by atoms with Gasteiger partial charge in [0.05, 0.1) is 17.8 Å². The molecule has 0 radical (unpaired) electrons. The Hall–Kier alpha value is -2.56. The number of nitrogens with zero attached hydrogens (tertiary/aromatic N) is 5. The van der Waals surface area contributed by atoms with E-state index in [2.05, 4.69) is 73.4 Å². The van der Waals surface area contributed by atoms with Gasteiger partial charge in [-0.2, -0.15) is 0 Å². The maximum Gasteiger partial charge on any atom is 0.151 e. The summed E-state index contributed by atoms with van der Waals surface area (Å²) < 4.78 is 1.98. The standard InChI is InChI=1S/C20H23N5/c1-13-6-5-7-15(13)19-21-11-17(22-19)14-8-9-18-16(10-14)23-24-25(18)12-20(2,3)4/h5-6,8-10H,7,11-12H2,1-4H3. The van der Waals surface area contributed by atoms with Crippen LogP contribution in [0.4, 0.5) is 0 Å². The number of hydrogen-bond donors (Lipinski definition) is 0. The highest BCUT2D eigenvalue weighted by Crippen LogP contribution is 2.24. The van der Waals surface area contributed by atoms with Crippen LogP contribution in [0.5, 0.6) is 0 Å². The third-order valence-corrected chi connectivity index (χ3v) is 4.53. The highest BCUT2D eigenvalue weighted by atomic mass is 15.4. The molecule has 0 spiro atoms. The van der Waals surface area contributed by atoms with Crippen LogP contribution in [0, 0.1) is 5.41 Å². The van der Waals surface area contributed by atoms with Crippen LogP contribution in [0.15, 0.2) is 51.5 Å². The second-order valence-electron chi connectivity index (χ2n) is 7.98. The molecular formula is C20H23N5. The first-order chi connectivity index (χ1) is 11.9. The zero-order chi connectivity index (χ0) is 17.6. The van der Waals surface area contributed by atoms with Gasteiger partial charge >= 0.3 is 0 Å². The predicted octanol–water partition coefficient (Wildman–Crippen LogP) is 3.96. The molecule has 5 nitrogen and oxygen atoms in total. The van der Waals surface area contributed by atoms with Gasteiger partial charge in [-0.05, 0) is 36.5 Å². The average molecular weight is 333 g/mol. The fourth-order valence-corrected chi connectivity index (χ4v) is 3.27. The lowest BCUT2D eigenvalue weighted by atomic mass is 9.97. The zero-order valence-corrected chi connectivity index (χ0v) is 15.2. The highest BCUT2D eigenvalue weighted by molar-refractivity contribution is 6.18.